The summed E-state index contributed by atoms with van der Waals surface area (Å²) < 4.78 is 10.3. The van der Waals surface area contributed by atoms with Crippen molar-refractivity contribution in [3.63, 3.8) is 0 Å². The van der Waals surface area contributed by atoms with Gasteiger partial charge in [-0.05, 0) is 19.8 Å². The van der Waals surface area contributed by atoms with Gasteiger partial charge in [0.15, 0.2) is 6.29 Å². The SMILES string of the molecule is [CH2]CC1OCCCO1.[Zn]. The molecule has 3 heteroatoms. The molecule has 0 bridgehead atoms. The van der Waals surface area contributed by atoms with E-state index in [9.17, 15) is 0 Å². The molecule has 0 aromatic rings. The van der Waals surface area contributed by atoms with Gasteiger partial charge in [-0.25, -0.2) is 0 Å². The van der Waals surface area contributed by atoms with Gasteiger partial charge in [0, 0.05) is 19.5 Å². The van der Waals surface area contributed by atoms with Gasteiger partial charge in [-0.2, -0.15) is 0 Å². The molecule has 1 rings (SSSR count). The molecule has 0 aromatic carbocycles. The third-order valence-corrected chi connectivity index (χ3v) is 1.13. The maximum atomic E-state index is 5.14. The van der Waals surface area contributed by atoms with Crippen molar-refractivity contribution in [2.45, 2.75) is 19.1 Å². The molecule has 0 atom stereocenters. The number of hydrogen-bond acceptors (Lipinski definition) is 2. The Hall–Kier alpha value is 0.543. The van der Waals surface area contributed by atoms with Gasteiger partial charge in [0.2, 0.25) is 0 Å². The molecule has 1 radical (unpaired) electrons. The first-order valence-electron chi connectivity index (χ1n) is 2.96. The Morgan fingerprint density at radius 1 is 1.33 bits per heavy atom. The van der Waals surface area contributed by atoms with E-state index in [0.29, 0.717) is 0 Å². The Morgan fingerprint density at radius 2 is 1.89 bits per heavy atom. The maximum Gasteiger partial charge on any atom is 0.157 e. The third kappa shape index (κ3) is 3.29. The Labute approximate surface area is 68.7 Å². The van der Waals surface area contributed by atoms with Gasteiger partial charge in [0.05, 0.1) is 13.2 Å². The van der Waals surface area contributed by atoms with Gasteiger partial charge >= 0.3 is 0 Å². The Bertz CT molecular complexity index is 62.1. The summed E-state index contributed by atoms with van der Waals surface area (Å²) in [6.45, 7) is 5.33. The van der Waals surface area contributed by atoms with Crippen LogP contribution in [0.2, 0.25) is 0 Å². The molecule has 1 aliphatic heterocycles. The van der Waals surface area contributed by atoms with E-state index in [1.54, 1.807) is 0 Å². The molecule has 0 amide bonds. The van der Waals surface area contributed by atoms with Crippen LogP contribution in [-0.2, 0) is 29.0 Å². The van der Waals surface area contributed by atoms with Gasteiger partial charge < -0.3 is 9.47 Å². The first-order chi connectivity index (χ1) is 3.93. The predicted octanol–water partition coefficient (Wildman–Crippen LogP) is 0.971. The molecular weight excluding hydrogens is 169 g/mol. The van der Waals surface area contributed by atoms with Crippen LogP contribution in [0.5, 0.6) is 0 Å². The first-order valence-corrected chi connectivity index (χ1v) is 2.96. The zero-order chi connectivity index (χ0) is 5.82. The van der Waals surface area contributed by atoms with E-state index in [2.05, 4.69) is 6.92 Å². The molecule has 2 nitrogen and oxygen atoms in total. The third-order valence-electron chi connectivity index (χ3n) is 1.13. The summed E-state index contributed by atoms with van der Waals surface area (Å²) in [4.78, 5) is 0. The van der Waals surface area contributed by atoms with Gasteiger partial charge in [0.25, 0.3) is 0 Å². The van der Waals surface area contributed by atoms with Crippen molar-refractivity contribution in [3.8, 4) is 0 Å². The smallest absolute Gasteiger partial charge is 0.157 e. The van der Waals surface area contributed by atoms with Crippen molar-refractivity contribution >= 4 is 0 Å². The molecule has 1 heterocycles. The van der Waals surface area contributed by atoms with E-state index in [4.69, 9.17) is 9.47 Å². The fraction of sp³-hybridized carbons (Fsp3) is 0.833. The van der Waals surface area contributed by atoms with Crippen LogP contribution in [0.25, 0.3) is 0 Å². The van der Waals surface area contributed by atoms with Crippen molar-refractivity contribution in [1.29, 1.82) is 0 Å². The fourth-order valence-electron chi connectivity index (χ4n) is 0.703. The van der Waals surface area contributed by atoms with Crippen molar-refractivity contribution in [2.24, 2.45) is 0 Å². The molecule has 0 N–H and O–H groups in total. The van der Waals surface area contributed by atoms with Gasteiger partial charge in [-0.15, -0.1) is 0 Å². The Morgan fingerprint density at radius 3 is 2.22 bits per heavy atom. The fourth-order valence-corrected chi connectivity index (χ4v) is 0.703. The summed E-state index contributed by atoms with van der Waals surface area (Å²) in [5.74, 6) is 0. The molecule has 1 saturated heterocycles. The van der Waals surface area contributed by atoms with Gasteiger partial charge in [-0.1, -0.05) is 0 Å². The molecule has 0 aromatic heterocycles. The van der Waals surface area contributed by atoms with E-state index >= 15 is 0 Å². The quantitative estimate of drug-likeness (QED) is 0.560. The van der Waals surface area contributed by atoms with Crippen LogP contribution >= 0.6 is 0 Å². The number of rotatable bonds is 1. The normalized spacial score (nSPS) is 21.0. The molecule has 0 saturated carbocycles. The average Bonchev–Trinajstić information content (AvgIpc) is 1.90. The number of ether oxygens (including phenoxy) is 2. The largest absolute Gasteiger partial charge is 0.353 e. The average molecular weight is 181 g/mol. The second kappa shape index (κ2) is 5.34. The molecule has 0 unspecified atom stereocenters. The van der Waals surface area contributed by atoms with E-state index < -0.39 is 0 Å². The topological polar surface area (TPSA) is 18.5 Å². The van der Waals surface area contributed by atoms with Crippen LogP contribution in [-0.4, -0.2) is 19.5 Å². The summed E-state index contributed by atoms with van der Waals surface area (Å²) in [7, 11) is 0. The van der Waals surface area contributed by atoms with Crippen LogP contribution in [0.1, 0.15) is 12.8 Å². The second-order valence-corrected chi connectivity index (χ2v) is 1.81. The second-order valence-electron chi connectivity index (χ2n) is 1.81. The summed E-state index contributed by atoms with van der Waals surface area (Å²) in [5, 5.41) is 0. The van der Waals surface area contributed by atoms with E-state index in [0.717, 1.165) is 26.1 Å². The molecule has 9 heavy (non-hydrogen) atoms. The monoisotopic (exact) mass is 179 g/mol. The minimum Gasteiger partial charge on any atom is -0.353 e. The maximum absolute atomic E-state index is 5.14. The molecule has 1 aliphatic rings. The zero-order valence-corrected chi connectivity index (χ0v) is 8.60. The van der Waals surface area contributed by atoms with Crippen molar-refractivity contribution in [1.82, 2.24) is 0 Å². The summed E-state index contributed by atoms with van der Waals surface area (Å²) >= 11 is 0. The summed E-state index contributed by atoms with van der Waals surface area (Å²) in [6.07, 6.45) is 1.72. The van der Waals surface area contributed by atoms with Crippen LogP contribution in [0, 0.1) is 6.92 Å². The van der Waals surface area contributed by atoms with Crippen LogP contribution in [0.4, 0.5) is 0 Å². The van der Waals surface area contributed by atoms with Gasteiger partial charge in [0.1, 0.15) is 0 Å². The van der Waals surface area contributed by atoms with Crippen molar-refractivity contribution in [3.05, 3.63) is 6.92 Å². The molecule has 0 aliphatic carbocycles. The van der Waals surface area contributed by atoms with Crippen molar-refractivity contribution < 1.29 is 29.0 Å². The molecular formula is C6H11O2Zn. The van der Waals surface area contributed by atoms with E-state index in [1.807, 2.05) is 0 Å². The summed E-state index contributed by atoms with van der Waals surface area (Å²) in [6, 6.07) is 0. The molecule has 0 spiro atoms. The Balaban J connectivity index is 0.000000640. The molecule has 49 valence electrons. The van der Waals surface area contributed by atoms with E-state index in [1.165, 1.54) is 0 Å². The van der Waals surface area contributed by atoms with Crippen LogP contribution < -0.4 is 0 Å². The van der Waals surface area contributed by atoms with Gasteiger partial charge in [-0.3, -0.25) is 0 Å². The minimum atomic E-state index is -0.0243. The molecule has 1 fully saturated rings. The zero-order valence-electron chi connectivity index (χ0n) is 5.64. The van der Waals surface area contributed by atoms with Crippen LogP contribution in [0.3, 0.4) is 0 Å². The minimum absolute atomic E-state index is 0. The number of hydrogen-bond donors (Lipinski definition) is 0. The van der Waals surface area contributed by atoms with Crippen LogP contribution in [0.15, 0.2) is 0 Å². The summed E-state index contributed by atoms with van der Waals surface area (Å²) in [5.41, 5.74) is 0. The van der Waals surface area contributed by atoms with E-state index in [-0.39, 0.29) is 25.8 Å². The predicted molar refractivity (Wildman–Crippen MR) is 30.3 cm³/mol. The van der Waals surface area contributed by atoms with Crippen molar-refractivity contribution in [2.75, 3.05) is 13.2 Å². The first kappa shape index (κ1) is 9.54. The Kier molecular flexibility index (Phi) is 5.66. The standard InChI is InChI=1S/C6H11O2.Zn/c1-2-6-7-4-3-5-8-6;/h6H,1-5H2;.